The molecule has 1 saturated heterocycles. The average Bonchev–Trinajstić information content (AvgIpc) is 1.57. The maximum atomic E-state index is 10.2. The highest BCUT2D eigenvalue weighted by molar-refractivity contribution is 6.02. The molecule has 0 aromatic heterocycles. The highest BCUT2D eigenvalue weighted by Crippen LogP contribution is 2.22. The molecule has 0 aliphatic carbocycles. The van der Waals surface area contributed by atoms with Crippen LogP contribution in [0.1, 0.15) is 0 Å². The Morgan fingerprint density at radius 1 is 1.30 bits per heavy atom. The van der Waals surface area contributed by atoms with Crippen LogP contribution >= 0.6 is 0 Å². The van der Waals surface area contributed by atoms with Crippen LogP contribution in [0.3, 0.4) is 0 Å². The number of carbonyl (C=O) groups is 2. The molecule has 0 unspecified atom stereocenters. The van der Waals surface area contributed by atoms with Crippen LogP contribution < -0.4 is 0 Å². The smallest absolute Gasteiger partial charge is 0.353 e. The first-order valence-corrected chi connectivity index (χ1v) is 2.37. The van der Waals surface area contributed by atoms with Crippen LogP contribution in [0.15, 0.2) is 0 Å². The Morgan fingerprint density at radius 2 is 1.70 bits per heavy atom. The van der Waals surface area contributed by atoms with Gasteiger partial charge in [-0.1, -0.05) is 0 Å². The summed E-state index contributed by atoms with van der Waals surface area (Å²) >= 11 is 0. The lowest BCUT2D eigenvalue weighted by Gasteiger charge is -2.30. The van der Waals surface area contributed by atoms with Crippen molar-refractivity contribution in [1.82, 2.24) is 0 Å². The third-order valence-corrected chi connectivity index (χ3v) is 1.15. The summed E-state index contributed by atoms with van der Waals surface area (Å²) in [5.74, 6) is -3.10. The molecule has 1 heterocycles. The van der Waals surface area contributed by atoms with Crippen molar-refractivity contribution < 1.29 is 29.6 Å². The molecular formula is C4H4O6. The minimum Gasteiger partial charge on any atom is -0.478 e. The van der Waals surface area contributed by atoms with Crippen molar-refractivity contribution >= 4 is 11.9 Å². The van der Waals surface area contributed by atoms with Gasteiger partial charge in [-0.25, -0.2) is 19.4 Å². The van der Waals surface area contributed by atoms with E-state index in [1.54, 1.807) is 0 Å². The van der Waals surface area contributed by atoms with Crippen LogP contribution in [-0.2, 0) is 19.4 Å². The van der Waals surface area contributed by atoms with E-state index >= 15 is 0 Å². The SMILES string of the molecule is O=C(O)C1(C(=O)O)COO1. The molecule has 6 heteroatoms. The molecule has 0 aromatic carbocycles. The topological polar surface area (TPSA) is 93.1 Å². The van der Waals surface area contributed by atoms with E-state index in [0.717, 1.165) is 0 Å². The number of hydrogen-bond donors (Lipinski definition) is 2. The molecule has 10 heavy (non-hydrogen) atoms. The maximum Gasteiger partial charge on any atom is 0.353 e. The summed E-state index contributed by atoms with van der Waals surface area (Å²) in [4.78, 5) is 28.3. The molecule has 0 radical (unpaired) electrons. The fourth-order valence-electron chi connectivity index (χ4n) is 0.463. The third-order valence-electron chi connectivity index (χ3n) is 1.15. The van der Waals surface area contributed by atoms with E-state index in [1.165, 1.54) is 0 Å². The summed E-state index contributed by atoms with van der Waals surface area (Å²) in [6.07, 6.45) is 0. The predicted octanol–water partition coefficient (Wildman–Crippen LogP) is -1.14. The van der Waals surface area contributed by atoms with Gasteiger partial charge in [0, 0.05) is 0 Å². The molecule has 1 aliphatic heterocycles. The second-order valence-electron chi connectivity index (χ2n) is 1.78. The Bertz CT molecular complexity index is 164. The average molecular weight is 148 g/mol. The Hall–Kier alpha value is -1.14. The zero-order chi connectivity index (χ0) is 7.78. The van der Waals surface area contributed by atoms with Crippen molar-refractivity contribution in [1.29, 1.82) is 0 Å². The minimum absolute atomic E-state index is 0.447. The molecule has 1 fully saturated rings. The summed E-state index contributed by atoms with van der Waals surface area (Å²) in [6.45, 7) is -0.447. The Kier molecular flexibility index (Phi) is 1.34. The Morgan fingerprint density at radius 3 is 1.70 bits per heavy atom. The molecule has 0 atom stereocenters. The van der Waals surface area contributed by atoms with Gasteiger partial charge >= 0.3 is 17.5 Å². The van der Waals surface area contributed by atoms with Gasteiger partial charge in [-0.15, -0.1) is 0 Å². The van der Waals surface area contributed by atoms with Gasteiger partial charge in [0.2, 0.25) is 0 Å². The zero-order valence-corrected chi connectivity index (χ0v) is 4.73. The molecular weight excluding hydrogens is 144 g/mol. The minimum atomic E-state index is -2.17. The van der Waals surface area contributed by atoms with Crippen LogP contribution in [0.5, 0.6) is 0 Å². The monoisotopic (exact) mass is 148 g/mol. The van der Waals surface area contributed by atoms with E-state index in [4.69, 9.17) is 10.2 Å². The molecule has 0 saturated carbocycles. The second kappa shape index (κ2) is 1.93. The van der Waals surface area contributed by atoms with Crippen LogP contribution in [0.25, 0.3) is 0 Å². The lowest BCUT2D eigenvalue weighted by molar-refractivity contribution is -0.445. The number of rotatable bonds is 2. The van der Waals surface area contributed by atoms with Crippen molar-refractivity contribution in [2.75, 3.05) is 6.61 Å². The number of hydrogen-bond acceptors (Lipinski definition) is 4. The summed E-state index contributed by atoms with van der Waals surface area (Å²) in [5, 5.41) is 16.5. The number of aliphatic carboxylic acids is 2. The van der Waals surface area contributed by atoms with Crippen LogP contribution in [0, 0.1) is 0 Å². The maximum absolute atomic E-state index is 10.2. The van der Waals surface area contributed by atoms with Crippen molar-refractivity contribution in [2.45, 2.75) is 5.60 Å². The van der Waals surface area contributed by atoms with Gasteiger partial charge in [0.1, 0.15) is 6.61 Å². The molecule has 1 rings (SSSR count). The normalized spacial score (nSPS) is 21.2. The standard InChI is InChI=1S/C4H4O6/c5-2(6)4(3(7)8)1-9-10-4/h1H2,(H,5,6)(H,7,8). The molecule has 2 N–H and O–H groups in total. The first-order chi connectivity index (χ1) is 4.59. The van der Waals surface area contributed by atoms with Crippen LogP contribution in [0.2, 0.25) is 0 Å². The lowest BCUT2D eigenvalue weighted by Crippen LogP contribution is -2.59. The van der Waals surface area contributed by atoms with Gasteiger partial charge in [-0.2, -0.15) is 0 Å². The summed E-state index contributed by atoms with van der Waals surface area (Å²) in [5.41, 5.74) is -2.17. The zero-order valence-electron chi connectivity index (χ0n) is 4.73. The number of carboxylic acid groups (broad SMARTS) is 2. The highest BCUT2D eigenvalue weighted by atomic mass is 17.3. The van der Waals surface area contributed by atoms with Crippen LogP contribution in [-0.4, -0.2) is 34.4 Å². The second-order valence-corrected chi connectivity index (χ2v) is 1.78. The first kappa shape index (κ1) is 6.97. The molecule has 0 aromatic rings. The van der Waals surface area contributed by atoms with E-state index in [0.29, 0.717) is 0 Å². The molecule has 1 aliphatic rings. The van der Waals surface area contributed by atoms with Gasteiger partial charge in [0.15, 0.2) is 0 Å². The van der Waals surface area contributed by atoms with Crippen molar-refractivity contribution in [3.8, 4) is 0 Å². The summed E-state index contributed by atoms with van der Waals surface area (Å²) in [6, 6.07) is 0. The summed E-state index contributed by atoms with van der Waals surface area (Å²) in [7, 11) is 0. The molecule has 6 nitrogen and oxygen atoms in total. The lowest BCUT2D eigenvalue weighted by atomic mass is 10.1. The Balaban J connectivity index is 2.78. The van der Waals surface area contributed by atoms with Crippen molar-refractivity contribution in [3.63, 3.8) is 0 Å². The van der Waals surface area contributed by atoms with E-state index < -0.39 is 24.1 Å². The molecule has 0 spiro atoms. The quantitative estimate of drug-likeness (QED) is 0.379. The number of carboxylic acids is 2. The molecule has 0 amide bonds. The van der Waals surface area contributed by atoms with Gasteiger partial charge in [-0.05, 0) is 0 Å². The van der Waals surface area contributed by atoms with Crippen LogP contribution in [0.4, 0.5) is 0 Å². The van der Waals surface area contributed by atoms with Gasteiger partial charge in [0.05, 0.1) is 0 Å². The summed E-state index contributed by atoms with van der Waals surface area (Å²) < 4.78 is 0. The van der Waals surface area contributed by atoms with E-state index in [1.807, 2.05) is 0 Å². The van der Waals surface area contributed by atoms with E-state index in [2.05, 4.69) is 9.78 Å². The van der Waals surface area contributed by atoms with Gasteiger partial charge in [0.25, 0.3) is 0 Å². The van der Waals surface area contributed by atoms with Crippen molar-refractivity contribution in [2.24, 2.45) is 0 Å². The van der Waals surface area contributed by atoms with E-state index in [-0.39, 0.29) is 0 Å². The fraction of sp³-hybridized carbons (Fsp3) is 0.500. The Labute approximate surface area is 54.9 Å². The highest BCUT2D eigenvalue weighted by Gasteiger charge is 2.57. The van der Waals surface area contributed by atoms with E-state index in [9.17, 15) is 9.59 Å². The first-order valence-electron chi connectivity index (χ1n) is 2.37. The molecule has 0 bridgehead atoms. The van der Waals surface area contributed by atoms with Crippen molar-refractivity contribution in [3.05, 3.63) is 0 Å². The largest absolute Gasteiger partial charge is 0.478 e. The predicted molar refractivity (Wildman–Crippen MR) is 25.0 cm³/mol. The fourth-order valence-corrected chi connectivity index (χ4v) is 0.463. The molecule has 56 valence electrons. The van der Waals surface area contributed by atoms with Gasteiger partial charge in [-0.3, -0.25) is 0 Å². The third kappa shape index (κ3) is 0.662. The van der Waals surface area contributed by atoms with Gasteiger partial charge < -0.3 is 10.2 Å².